The van der Waals surface area contributed by atoms with E-state index in [4.69, 9.17) is 4.74 Å². The topological polar surface area (TPSA) is 87.7 Å². The van der Waals surface area contributed by atoms with Crippen molar-refractivity contribution in [3.8, 4) is 0 Å². The molecule has 2 N–H and O–H groups in total. The summed E-state index contributed by atoms with van der Waals surface area (Å²) in [4.78, 5) is 43.8. The van der Waals surface area contributed by atoms with E-state index >= 15 is 0 Å². The highest BCUT2D eigenvalue weighted by Gasteiger charge is 2.36. The van der Waals surface area contributed by atoms with Gasteiger partial charge in [0.25, 0.3) is 5.91 Å². The van der Waals surface area contributed by atoms with Gasteiger partial charge in [-0.05, 0) is 70.2 Å². The first-order valence-corrected chi connectivity index (χ1v) is 16.2. The summed E-state index contributed by atoms with van der Waals surface area (Å²) in [6.45, 7) is 13.8. The highest BCUT2D eigenvalue weighted by atomic mass is 16.6. The molecule has 2 unspecified atom stereocenters. The zero-order valence-electron chi connectivity index (χ0n) is 28.1. The maximum Gasteiger partial charge on any atom is 0.408 e. The number of anilines is 1. The van der Waals surface area contributed by atoms with E-state index in [1.54, 1.807) is 25.7 Å². The number of nitrogens with zero attached hydrogens (tertiary/aromatic N) is 1. The van der Waals surface area contributed by atoms with E-state index in [0.717, 1.165) is 65.6 Å². The summed E-state index contributed by atoms with van der Waals surface area (Å²) in [5.74, 6) is -0.626. The minimum Gasteiger partial charge on any atom is -0.444 e. The Kier molecular flexibility index (Phi) is 13.2. The monoisotopic (exact) mass is 613 g/mol. The van der Waals surface area contributed by atoms with E-state index in [-0.39, 0.29) is 18.2 Å². The molecular weight excluding hydrogens is 562 g/mol. The predicted molar refractivity (Wildman–Crippen MR) is 182 cm³/mol. The van der Waals surface area contributed by atoms with Gasteiger partial charge >= 0.3 is 6.09 Å². The summed E-state index contributed by atoms with van der Waals surface area (Å²) in [6, 6.07) is 21.3. The van der Waals surface area contributed by atoms with E-state index in [1.165, 1.54) is 0 Å². The molecule has 242 valence electrons. The molecule has 3 aromatic rings. The highest BCUT2D eigenvalue weighted by Crippen LogP contribution is 2.28. The number of amides is 3. The van der Waals surface area contributed by atoms with Crippen LogP contribution in [0.2, 0.25) is 0 Å². The Labute approximate surface area is 269 Å². The van der Waals surface area contributed by atoms with Crippen LogP contribution < -0.4 is 10.6 Å². The number of hydrogen-bond donors (Lipinski definition) is 2. The Morgan fingerprint density at radius 3 is 2.09 bits per heavy atom. The van der Waals surface area contributed by atoms with E-state index in [9.17, 15) is 14.4 Å². The number of ether oxygens (including phenoxy) is 1. The van der Waals surface area contributed by atoms with Crippen LogP contribution in [0.25, 0.3) is 0 Å². The van der Waals surface area contributed by atoms with Crippen molar-refractivity contribution >= 4 is 23.6 Å². The molecule has 0 aromatic heterocycles. The smallest absolute Gasteiger partial charge is 0.408 e. The molecule has 0 bridgehead atoms. The van der Waals surface area contributed by atoms with Crippen LogP contribution in [0.5, 0.6) is 0 Å². The molecule has 3 aromatic carbocycles. The van der Waals surface area contributed by atoms with Crippen molar-refractivity contribution in [1.29, 1.82) is 0 Å². The van der Waals surface area contributed by atoms with Gasteiger partial charge in [-0.1, -0.05) is 111 Å². The Hall–Kier alpha value is -4.13. The van der Waals surface area contributed by atoms with Gasteiger partial charge in [-0.25, -0.2) is 4.79 Å². The van der Waals surface area contributed by atoms with Gasteiger partial charge in [0, 0.05) is 18.7 Å². The lowest BCUT2D eigenvalue weighted by Crippen LogP contribution is -2.53. The van der Waals surface area contributed by atoms with Gasteiger partial charge < -0.3 is 20.3 Å². The molecule has 45 heavy (non-hydrogen) atoms. The first-order valence-electron chi connectivity index (χ1n) is 16.2. The second kappa shape index (κ2) is 16.8. The minimum atomic E-state index is -0.946. The molecule has 0 aliphatic rings. The lowest BCUT2D eigenvalue weighted by Gasteiger charge is -2.35. The Morgan fingerprint density at radius 1 is 0.822 bits per heavy atom. The number of aryl methyl sites for hydroxylation is 3. The van der Waals surface area contributed by atoms with E-state index < -0.39 is 23.8 Å². The second-order valence-electron chi connectivity index (χ2n) is 12.9. The molecule has 0 aliphatic carbocycles. The molecule has 7 nitrogen and oxygen atoms in total. The summed E-state index contributed by atoms with van der Waals surface area (Å²) in [5.41, 5.74) is 4.48. The van der Waals surface area contributed by atoms with E-state index in [1.807, 2.05) is 93.6 Å². The fourth-order valence-corrected chi connectivity index (χ4v) is 5.47. The van der Waals surface area contributed by atoms with Gasteiger partial charge in [-0.15, -0.1) is 0 Å². The number of rotatable bonds is 14. The lowest BCUT2D eigenvalue weighted by atomic mass is 9.98. The number of benzene rings is 3. The third kappa shape index (κ3) is 11.1. The van der Waals surface area contributed by atoms with Crippen molar-refractivity contribution in [1.82, 2.24) is 10.2 Å². The van der Waals surface area contributed by atoms with Crippen molar-refractivity contribution in [2.24, 2.45) is 0 Å². The fourth-order valence-electron chi connectivity index (χ4n) is 5.47. The first-order chi connectivity index (χ1) is 21.4. The summed E-state index contributed by atoms with van der Waals surface area (Å²) < 4.78 is 5.57. The molecule has 7 heteroatoms. The van der Waals surface area contributed by atoms with Crippen molar-refractivity contribution in [2.75, 3.05) is 11.9 Å². The van der Waals surface area contributed by atoms with E-state index in [0.29, 0.717) is 6.54 Å². The van der Waals surface area contributed by atoms with Gasteiger partial charge in [0.1, 0.15) is 17.7 Å². The van der Waals surface area contributed by atoms with Crippen LogP contribution in [0.1, 0.15) is 93.7 Å². The zero-order valence-corrected chi connectivity index (χ0v) is 28.1. The largest absolute Gasteiger partial charge is 0.444 e. The molecule has 2 atom stereocenters. The van der Waals surface area contributed by atoms with Crippen molar-refractivity contribution in [2.45, 2.75) is 105 Å². The Bertz CT molecular complexity index is 1390. The van der Waals surface area contributed by atoms with Gasteiger partial charge in [0.15, 0.2) is 0 Å². The summed E-state index contributed by atoms with van der Waals surface area (Å²) in [5, 5.41) is 6.01. The molecule has 0 spiro atoms. The molecule has 0 saturated carbocycles. The SMILES string of the molecule is CCCCCCCN(C(=O)C(Cc1ccccc1)NC(=O)OC(C)(C)C)C(C(=O)Nc1c(C)cccc1C)c1cccc(C)c1. The number of unbranched alkanes of at least 4 members (excludes halogenated alkanes) is 4. The van der Waals surface area contributed by atoms with Crippen LogP contribution in [-0.2, 0) is 20.7 Å². The van der Waals surface area contributed by atoms with Crippen LogP contribution in [0.4, 0.5) is 10.5 Å². The van der Waals surface area contributed by atoms with Crippen LogP contribution in [0, 0.1) is 20.8 Å². The number of hydrogen-bond acceptors (Lipinski definition) is 4. The van der Waals surface area contributed by atoms with Crippen molar-refractivity contribution in [3.63, 3.8) is 0 Å². The number of nitrogens with one attached hydrogen (secondary N) is 2. The van der Waals surface area contributed by atoms with Gasteiger partial charge in [0.2, 0.25) is 5.91 Å². The predicted octanol–water partition coefficient (Wildman–Crippen LogP) is 8.23. The van der Waals surface area contributed by atoms with Crippen molar-refractivity contribution in [3.05, 3.63) is 101 Å². The van der Waals surface area contributed by atoms with Gasteiger partial charge in [-0.2, -0.15) is 0 Å². The summed E-state index contributed by atoms with van der Waals surface area (Å²) in [7, 11) is 0. The Balaban J connectivity index is 2.08. The average molecular weight is 614 g/mol. The summed E-state index contributed by atoms with van der Waals surface area (Å²) in [6.07, 6.45) is 4.50. The first kappa shape index (κ1) is 35.4. The quantitative estimate of drug-likeness (QED) is 0.179. The lowest BCUT2D eigenvalue weighted by molar-refractivity contribution is -0.140. The maximum atomic E-state index is 14.7. The average Bonchev–Trinajstić information content (AvgIpc) is 2.97. The van der Waals surface area contributed by atoms with E-state index in [2.05, 4.69) is 17.6 Å². The second-order valence-corrected chi connectivity index (χ2v) is 12.9. The highest BCUT2D eigenvalue weighted by molar-refractivity contribution is 6.00. The standard InChI is InChI=1S/C38H51N3O4/c1-8-9-10-11-15-24-41(36(43)32(26-30-21-13-12-14-22-30)39-37(44)45-38(5,6)7)34(31-23-16-18-27(2)25-31)35(42)40-33-28(3)19-17-20-29(33)4/h12-14,16-23,25,32,34H,8-11,15,24,26H2,1-7H3,(H,39,44)(H,40,42). The summed E-state index contributed by atoms with van der Waals surface area (Å²) >= 11 is 0. The molecular formula is C38H51N3O4. The molecule has 0 saturated heterocycles. The van der Waals surface area contributed by atoms with Crippen LogP contribution in [-0.4, -0.2) is 41.0 Å². The number of carbonyl (C=O) groups is 3. The maximum absolute atomic E-state index is 14.7. The number of carbonyl (C=O) groups excluding carboxylic acids is 3. The molecule has 0 radical (unpaired) electrons. The number of para-hydroxylation sites is 1. The van der Waals surface area contributed by atoms with Crippen LogP contribution in [0.15, 0.2) is 72.8 Å². The number of alkyl carbamates (subject to hydrolysis) is 1. The molecule has 3 rings (SSSR count). The van der Waals surface area contributed by atoms with Gasteiger partial charge in [-0.3, -0.25) is 9.59 Å². The van der Waals surface area contributed by atoms with Gasteiger partial charge in [0.05, 0.1) is 0 Å². The molecule has 3 amide bonds. The third-order valence-corrected chi connectivity index (χ3v) is 7.70. The third-order valence-electron chi connectivity index (χ3n) is 7.70. The molecule has 0 heterocycles. The fraction of sp³-hybridized carbons (Fsp3) is 0.447. The van der Waals surface area contributed by atoms with Crippen LogP contribution >= 0.6 is 0 Å². The Morgan fingerprint density at radius 2 is 1.47 bits per heavy atom. The molecule has 0 aliphatic heterocycles. The van der Waals surface area contributed by atoms with Crippen LogP contribution in [0.3, 0.4) is 0 Å². The molecule has 0 fully saturated rings. The normalized spacial score (nSPS) is 12.6. The van der Waals surface area contributed by atoms with Crippen molar-refractivity contribution < 1.29 is 19.1 Å². The minimum absolute atomic E-state index is 0.254. The zero-order chi connectivity index (χ0) is 33.0.